The molecular weight excluding hydrogens is 288 g/mol. The summed E-state index contributed by atoms with van der Waals surface area (Å²) in [5.74, 6) is -0.578. The molecule has 1 aromatic rings. The van der Waals surface area contributed by atoms with Crippen LogP contribution in [0.15, 0.2) is 29.2 Å². The van der Waals surface area contributed by atoms with Crippen LogP contribution in [0.4, 0.5) is 0 Å². The van der Waals surface area contributed by atoms with Gasteiger partial charge in [0.05, 0.1) is 22.5 Å². The largest absolute Gasteiger partial charge is 0.297 e. The SMILES string of the molecule is Cc1ccc(S(=O)(=O)OC2CS(=O)(=O)CC2C)cc1. The van der Waals surface area contributed by atoms with Gasteiger partial charge in [0.15, 0.2) is 9.84 Å². The van der Waals surface area contributed by atoms with Gasteiger partial charge in [0, 0.05) is 0 Å². The number of rotatable bonds is 3. The fourth-order valence-corrected chi connectivity index (χ4v) is 5.34. The van der Waals surface area contributed by atoms with Crippen LogP contribution in [0.1, 0.15) is 12.5 Å². The first-order valence-corrected chi connectivity index (χ1v) is 9.13. The third-order valence-corrected chi connectivity index (χ3v) is 6.35. The maximum Gasteiger partial charge on any atom is 0.297 e. The van der Waals surface area contributed by atoms with E-state index in [0.717, 1.165) is 5.56 Å². The second-order valence-electron chi connectivity index (χ2n) is 4.96. The maximum atomic E-state index is 12.0. The van der Waals surface area contributed by atoms with Crippen molar-refractivity contribution in [3.8, 4) is 0 Å². The van der Waals surface area contributed by atoms with E-state index >= 15 is 0 Å². The Hall–Kier alpha value is -0.920. The van der Waals surface area contributed by atoms with Crippen molar-refractivity contribution in [3.63, 3.8) is 0 Å². The van der Waals surface area contributed by atoms with E-state index in [0.29, 0.717) is 0 Å². The second-order valence-corrected chi connectivity index (χ2v) is 8.68. The lowest BCUT2D eigenvalue weighted by atomic mass is 10.1. The zero-order chi connectivity index (χ0) is 14.3. The van der Waals surface area contributed by atoms with Gasteiger partial charge in [-0.1, -0.05) is 24.6 Å². The highest BCUT2D eigenvalue weighted by atomic mass is 32.2. The van der Waals surface area contributed by atoms with Crippen LogP contribution in [0.5, 0.6) is 0 Å². The number of aryl methyl sites for hydroxylation is 1. The molecule has 1 aliphatic rings. The first kappa shape index (κ1) is 14.5. The van der Waals surface area contributed by atoms with Crippen molar-refractivity contribution in [2.45, 2.75) is 24.8 Å². The van der Waals surface area contributed by atoms with Gasteiger partial charge in [-0.25, -0.2) is 8.42 Å². The summed E-state index contributed by atoms with van der Waals surface area (Å²) in [4.78, 5) is 0.0506. The molecule has 0 aromatic heterocycles. The molecule has 2 atom stereocenters. The number of hydrogen-bond acceptors (Lipinski definition) is 5. The minimum atomic E-state index is -3.91. The van der Waals surface area contributed by atoms with Crippen LogP contribution in [0.2, 0.25) is 0 Å². The molecule has 5 nitrogen and oxygen atoms in total. The van der Waals surface area contributed by atoms with Crippen molar-refractivity contribution in [1.82, 2.24) is 0 Å². The molecule has 7 heteroatoms. The summed E-state index contributed by atoms with van der Waals surface area (Å²) in [5, 5.41) is 0. The van der Waals surface area contributed by atoms with E-state index in [9.17, 15) is 16.8 Å². The number of benzene rings is 1. The van der Waals surface area contributed by atoms with Gasteiger partial charge < -0.3 is 0 Å². The molecule has 0 saturated carbocycles. The average molecular weight is 304 g/mol. The van der Waals surface area contributed by atoms with E-state index in [1.165, 1.54) is 12.1 Å². The third-order valence-electron chi connectivity index (χ3n) is 3.13. The fourth-order valence-electron chi connectivity index (χ4n) is 2.04. The Morgan fingerprint density at radius 2 is 1.74 bits per heavy atom. The zero-order valence-electron chi connectivity index (χ0n) is 10.7. The van der Waals surface area contributed by atoms with Crippen molar-refractivity contribution in [3.05, 3.63) is 29.8 Å². The van der Waals surface area contributed by atoms with E-state index in [-0.39, 0.29) is 22.3 Å². The average Bonchev–Trinajstić information content (AvgIpc) is 2.51. The molecule has 1 aliphatic heterocycles. The van der Waals surface area contributed by atoms with Crippen LogP contribution in [0.25, 0.3) is 0 Å². The van der Waals surface area contributed by atoms with Gasteiger partial charge in [-0.3, -0.25) is 4.18 Å². The summed E-state index contributed by atoms with van der Waals surface area (Å²) in [5.41, 5.74) is 0.941. The molecule has 1 heterocycles. The van der Waals surface area contributed by atoms with Gasteiger partial charge in [-0.2, -0.15) is 8.42 Å². The Labute approximate surface area is 113 Å². The van der Waals surface area contributed by atoms with Crippen LogP contribution in [-0.4, -0.2) is 34.4 Å². The van der Waals surface area contributed by atoms with Gasteiger partial charge in [0.2, 0.25) is 0 Å². The highest BCUT2D eigenvalue weighted by molar-refractivity contribution is 7.91. The predicted molar refractivity (Wildman–Crippen MR) is 71.1 cm³/mol. The molecule has 19 heavy (non-hydrogen) atoms. The molecular formula is C12H16O5S2. The second kappa shape index (κ2) is 4.88. The Kier molecular flexibility index (Phi) is 3.72. The number of hydrogen-bond donors (Lipinski definition) is 0. The van der Waals surface area contributed by atoms with Crippen LogP contribution < -0.4 is 0 Å². The summed E-state index contributed by atoms with van der Waals surface area (Å²) in [6.07, 6.45) is -0.795. The van der Waals surface area contributed by atoms with E-state index < -0.39 is 26.1 Å². The van der Waals surface area contributed by atoms with Crippen LogP contribution >= 0.6 is 0 Å². The van der Waals surface area contributed by atoms with Crippen LogP contribution in [0, 0.1) is 12.8 Å². The van der Waals surface area contributed by atoms with Gasteiger partial charge in [-0.05, 0) is 25.0 Å². The molecule has 0 bridgehead atoms. The monoisotopic (exact) mass is 304 g/mol. The van der Waals surface area contributed by atoms with Gasteiger partial charge >= 0.3 is 0 Å². The van der Waals surface area contributed by atoms with Crippen molar-refractivity contribution in [1.29, 1.82) is 0 Å². The van der Waals surface area contributed by atoms with E-state index in [1.54, 1.807) is 19.1 Å². The van der Waals surface area contributed by atoms with Crippen molar-refractivity contribution in [2.75, 3.05) is 11.5 Å². The highest BCUT2D eigenvalue weighted by Gasteiger charge is 2.38. The summed E-state index contributed by atoms with van der Waals surface area (Å²) in [6.45, 7) is 3.53. The molecule has 2 rings (SSSR count). The molecule has 0 N–H and O–H groups in total. The fraction of sp³-hybridized carbons (Fsp3) is 0.500. The molecule has 1 aromatic carbocycles. The van der Waals surface area contributed by atoms with Crippen LogP contribution in [-0.2, 0) is 24.1 Å². The molecule has 2 unspecified atom stereocenters. The molecule has 1 saturated heterocycles. The molecule has 106 valence electrons. The first-order valence-electron chi connectivity index (χ1n) is 5.90. The molecule has 1 fully saturated rings. The predicted octanol–water partition coefficient (Wildman–Crippen LogP) is 1.13. The molecule has 0 spiro atoms. The minimum Gasteiger partial charge on any atom is -0.262 e. The zero-order valence-corrected chi connectivity index (χ0v) is 12.4. The quantitative estimate of drug-likeness (QED) is 0.782. The first-order chi connectivity index (χ1) is 8.70. The summed E-state index contributed by atoms with van der Waals surface area (Å²) < 4.78 is 52.0. The normalized spacial score (nSPS) is 26.4. The van der Waals surface area contributed by atoms with E-state index in [4.69, 9.17) is 4.18 Å². The Balaban J connectivity index is 2.21. The topological polar surface area (TPSA) is 77.5 Å². The lowest BCUT2D eigenvalue weighted by molar-refractivity contribution is 0.192. The van der Waals surface area contributed by atoms with Crippen molar-refractivity contribution < 1.29 is 21.0 Å². The van der Waals surface area contributed by atoms with Gasteiger partial charge in [0.25, 0.3) is 10.1 Å². The third kappa shape index (κ3) is 3.34. The smallest absolute Gasteiger partial charge is 0.262 e. The van der Waals surface area contributed by atoms with Gasteiger partial charge in [-0.15, -0.1) is 0 Å². The number of sulfone groups is 1. The molecule has 0 radical (unpaired) electrons. The Morgan fingerprint density at radius 3 is 2.21 bits per heavy atom. The van der Waals surface area contributed by atoms with Crippen LogP contribution in [0.3, 0.4) is 0 Å². The molecule has 0 amide bonds. The Morgan fingerprint density at radius 1 is 1.16 bits per heavy atom. The standard InChI is InChI=1S/C12H16O5S2/c1-9-3-5-11(6-4-9)19(15,16)17-12-8-18(13,14)7-10(12)2/h3-6,10,12H,7-8H2,1-2H3. The van der Waals surface area contributed by atoms with E-state index in [1.807, 2.05) is 6.92 Å². The van der Waals surface area contributed by atoms with E-state index in [2.05, 4.69) is 0 Å². The van der Waals surface area contributed by atoms with Crippen molar-refractivity contribution in [2.24, 2.45) is 5.92 Å². The minimum absolute atomic E-state index is 0.0267. The van der Waals surface area contributed by atoms with Crippen molar-refractivity contribution >= 4 is 20.0 Å². The lowest BCUT2D eigenvalue weighted by Gasteiger charge is -2.14. The summed E-state index contributed by atoms with van der Waals surface area (Å²) in [7, 11) is -7.10. The Bertz CT molecular complexity index is 659. The highest BCUT2D eigenvalue weighted by Crippen LogP contribution is 2.25. The van der Waals surface area contributed by atoms with Gasteiger partial charge in [0.1, 0.15) is 0 Å². The molecule has 0 aliphatic carbocycles. The summed E-state index contributed by atoms with van der Waals surface area (Å²) >= 11 is 0. The lowest BCUT2D eigenvalue weighted by Crippen LogP contribution is -2.24. The summed E-state index contributed by atoms with van der Waals surface area (Å²) in [6, 6.07) is 6.26. The maximum absolute atomic E-state index is 12.0.